The van der Waals surface area contributed by atoms with Gasteiger partial charge in [-0.05, 0) is 40.8 Å². The normalized spacial score (nSPS) is 19.0. The van der Waals surface area contributed by atoms with E-state index in [-0.39, 0.29) is 6.04 Å². The van der Waals surface area contributed by atoms with Gasteiger partial charge in [-0.1, -0.05) is 72.8 Å². The van der Waals surface area contributed by atoms with E-state index in [0.29, 0.717) is 0 Å². The van der Waals surface area contributed by atoms with Gasteiger partial charge >= 0.3 is 0 Å². The Morgan fingerprint density at radius 1 is 0.640 bits per heavy atom. The molecular formula is C24H17N. The van der Waals surface area contributed by atoms with Crippen molar-refractivity contribution in [1.29, 1.82) is 0 Å². The van der Waals surface area contributed by atoms with Crippen molar-refractivity contribution < 1.29 is 0 Å². The van der Waals surface area contributed by atoms with Crippen LogP contribution in [0.3, 0.4) is 0 Å². The van der Waals surface area contributed by atoms with E-state index < -0.39 is 0 Å². The second kappa shape index (κ2) is 4.73. The first-order chi connectivity index (χ1) is 12.4. The van der Waals surface area contributed by atoms with Crippen LogP contribution < -0.4 is 4.90 Å². The van der Waals surface area contributed by atoms with Crippen LogP contribution in [0.1, 0.15) is 23.6 Å². The van der Waals surface area contributed by atoms with Crippen LogP contribution >= 0.6 is 0 Å². The van der Waals surface area contributed by atoms with Crippen molar-refractivity contribution in [2.45, 2.75) is 12.5 Å². The van der Waals surface area contributed by atoms with E-state index in [9.17, 15) is 0 Å². The maximum absolute atomic E-state index is 2.54. The Labute approximate surface area is 147 Å². The predicted octanol–water partition coefficient (Wildman–Crippen LogP) is 6.27. The molecule has 3 aliphatic rings. The van der Waals surface area contributed by atoms with Gasteiger partial charge in [-0.3, -0.25) is 0 Å². The lowest BCUT2D eigenvalue weighted by atomic mass is 9.78. The van der Waals surface area contributed by atoms with Crippen LogP contribution in [0.5, 0.6) is 0 Å². The Bertz CT molecular complexity index is 1090. The number of benzene rings is 3. The summed E-state index contributed by atoms with van der Waals surface area (Å²) in [6.07, 6.45) is 5.83. The number of hydrogen-bond acceptors (Lipinski definition) is 1. The second-order valence-corrected chi connectivity index (χ2v) is 6.91. The molecule has 118 valence electrons. The third-order valence-corrected chi connectivity index (χ3v) is 5.69. The molecule has 3 aromatic rings. The zero-order valence-corrected chi connectivity index (χ0v) is 13.8. The number of para-hydroxylation sites is 2. The Morgan fingerprint density at radius 2 is 1.28 bits per heavy atom. The van der Waals surface area contributed by atoms with E-state index >= 15 is 0 Å². The Hall–Kier alpha value is -3.06. The highest BCUT2D eigenvalue weighted by molar-refractivity contribution is 6.00. The summed E-state index contributed by atoms with van der Waals surface area (Å²) in [6.45, 7) is 0. The number of rotatable bonds is 0. The molecule has 0 aromatic heterocycles. The summed E-state index contributed by atoms with van der Waals surface area (Å²) in [6, 6.07) is 26.8. The molecule has 0 amide bonds. The molecule has 6 rings (SSSR count). The molecule has 2 aliphatic heterocycles. The van der Waals surface area contributed by atoms with Crippen molar-refractivity contribution in [3.05, 3.63) is 102 Å². The fourth-order valence-electron chi connectivity index (χ4n) is 4.71. The van der Waals surface area contributed by atoms with Gasteiger partial charge in [-0.15, -0.1) is 0 Å². The lowest BCUT2D eigenvalue weighted by Crippen LogP contribution is -2.33. The van der Waals surface area contributed by atoms with Gasteiger partial charge in [-0.25, -0.2) is 0 Å². The molecule has 1 heteroatoms. The summed E-state index contributed by atoms with van der Waals surface area (Å²) >= 11 is 0. The van der Waals surface area contributed by atoms with Crippen LogP contribution in [0.25, 0.3) is 16.7 Å². The average molecular weight is 319 g/mol. The minimum Gasteiger partial charge on any atom is -0.329 e. The standard InChI is InChI=1S/C24H17N/c1-2-11-20-16(8-1)18-9-3-5-14-22(18)25-23-15-6-4-10-19(23)17-12-7-13-21(17)24(20)25/h1-6,8-15,24H,7H2. The molecule has 1 atom stereocenters. The molecule has 0 radical (unpaired) electrons. The van der Waals surface area contributed by atoms with E-state index in [1.54, 1.807) is 0 Å². The number of allylic oxidation sites excluding steroid dienone is 2. The fourth-order valence-corrected chi connectivity index (χ4v) is 4.71. The topological polar surface area (TPSA) is 3.24 Å². The van der Waals surface area contributed by atoms with Crippen molar-refractivity contribution in [2.24, 2.45) is 0 Å². The molecular weight excluding hydrogens is 302 g/mol. The smallest absolute Gasteiger partial charge is 0.0854 e. The fraction of sp³-hybridized carbons (Fsp3) is 0.0833. The van der Waals surface area contributed by atoms with Crippen molar-refractivity contribution in [1.82, 2.24) is 0 Å². The van der Waals surface area contributed by atoms with E-state index in [4.69, 9.17) is 0 Å². The third kappa shape index (κ3) is 1.63. The van der Waals surface area contributed by atoms with Crippen LogP contribution in [0.15, 0.2) is 90.5 Å². The van der Waals surface area contributed by atoms with Crippen molar-refractivity contribution in [3.63, 3.8) is 0 Å². The van der Waals surface area contributed by atoms with Crippen molar-refractivity contribution >= 4 is 16.9 Å². The van der Waals surface area contributed by atoms with E-state index in [1.165, 1.54) is 44.8 Å². The minimum atomic E-state index is 0.273. The second-order valence-electron chi connectivity index (χ2n) is 6.91. The van der Waals surface area contributed by atoms with Gasteiger partial charge in [0.25, 0.3) is 0 Å². The summed E-state index contributed by atoms with van der Waals surface area (Å²) < 4.78 is 0. The summed E-state index contributed by atoms with van der Waals surface area (Å²) in [5.41, 5.74) is 11.0. The van der Waals surface area contributed by atoms with Crippen LogP contribution in [-0.4, -0.2) is 0 Å². The monoisotopic (exact) mass is 319 g/mol. The molecule has 0 bridgehead atoms. The largest absolute Gasteiger partial charge is 0.329 e. The molecule has 25 heavy (non-hydrogen) atoms. The molecule has 1 aliphatic carbocycles. The van der Waals surface area contributed by atoms with E-state index in [0.717, 1.165) is 6.42 Å². The summed E-state index contributed by atoms with van der Waals surface area (Å²) in [5.74, 6) is 0. The molecule has 1 unspecified atom stereocenters. The molecule has 0 spiro atoms. The molecule has 0 fully saturated rings. The summed E-state index contributed by atoms with van der Waals surface area (Å²) in [5, 5.41) is 0. The van der Waals surface area contributed by atoms with Gasteiger partial charge in [0.2, 0.25) is 0 Å². The molecule has 3 aromatic carbocycles. The zero-order chi connectivity index (χ0) is 16.4. The van der Waals surface area contributed by atoms with Crippen LogP contribution in [0, 0.1) is 0 Å². The quantitative estimate of drug-likeness (QED) is 0.472. The first kappa shape index (κ1) is 13.3. The predicted molar refractivity (Wildman–Crippen MR) is 104 cm³/mol. The van der Waals surface area contributed by atoms with Gasteiger partial charge in [0, 0.05) is 22.5 Å². The minimum absolute atomic E-state index is 0.273. The highest BCUT2D eigenvalue weighted by Gasteiger charge is 2.40. The van der Waals surface area contributed by atoms with Crippen molar-refractivity contribution in [2.75, 3.05) is 4.90 Å². The first-order valence-corrected chi connectivity index (χ1v) is 8.91. The SMILES string of the molecule is C1=C2C(=CC1)C1c3ccccc3-c3ccccc3N1c1ccccc12. The maximum Gasteiger partial charge on any atom is 0.0854 e. The number of hydrogen-bond donors (Lipinski definition) is 0. The third-order valence-electron chi connectivity index (χ3n) is 5.69. The van der Waals surface area contributed by atoms with Crippen LogP contribution in [0.2, 0.25) is 0 Å². The van der Waals surface area contributed by atoms with Gasteiger partial charge < -0.3 is 4.90 Å². The number of fused-ring (bicyclic) bond motifs is 11. The lowest BCUT2D eigenvalue weighted by molar-refractivity contribution is 0.801. The van der Waals surface area contributed by atoms with Crippen LogP contribution in [0.4, 0.5) is 11.4 Å². The number of nitrogens with zero attached hydrogens (tertiary/aromatic N) is 1. The van der Waals surface area contributed by atoms with Crippen molar-refractivity contribution in [3.8, 4) is 11.1 Å². The first-order valence-electron chi connectivity index (χ1n) is 8.91. The van der Waals surface area contributed by atoms with Gasteiger partial charge in [0.05, 0.1) is 6.04 Å². The number of anilines is 2. The maximum atomic E-state index is 2.54. The average Bonchev–Trinajstić information content (AvgIpc) is 3.17. The Morgan fingerprint density at radius 3 is 2.12 bits per heavy atom. The van der Waals surface area contributed by atoms with Gasteiger partial charge in [0.15, 0.2) is 0 Å². The van der Waals surface area contributed by atoms with Gasteiger partial charge in [0.1, 0.15) is 0 Å². The Balaban J connectivity index is 1.76. The van der Waals surface area contributed by atoms with E-state index in [2.05, 4.69) is 89.8 Å². The molecule has 0 saturated heterocycles. The zero-order valence-electron chi connectivity index (χ0n) is 13.8. The van der Waals surface area contributed by atoms with Crippen LogP contribution in [-0.2, 0) is 0 Å². The summed E-state index contributed by atoms with van der Waals surface area (Å²) in [4.78, 5) is 2.54. The lowest BCUT2D eigenvalue weighted by Gasteiger charge is -2.45. The Kier molecular flexibility index (Phi) is 2.51. The molecule has 1 nitrogen and oxygen atoms in total. The summed E-state index contributed by atoms with van der Waals surface area (Å²) in [7, 11) is 0. The molecule has 0 N–H and O–H groups in total. The molecule has 0 saturated carbocycles. The highest BCUT2D eigenvalue weighted by atomic mass is 15.2. The van der Waals surface area contributed by atoms with Gasteiger partial charge in [-0.2, -0.15) is 0 Å². The molecule has 2 heterocycles. The highest BCUT2D eigenvalue weighted by Crippen LogP contribution is 2.58. The van der Waals surface area contributed by atoms with E-state index in [1.807, 2.05) is 0 Å².